The maximum Gasteiger partial charge on any atom is 0.416 e. The van der Waals surface area contributed by atoms with Crippen LogP contribution in [0.4, 0.5) is 13.2 Å². The van der Waals surface area contributed by atoms with Crippen molar-refractivity contribution in [2.24, 2.45) is 0 Å². The summed E-state index contributed by atoms with van der Waals surface area (Å²) in [6, 6.07) is 12.5. The van der Waals surface area contributed by atoms with Crippen LogP contribution in [0.1, 0.15) is 35.8 Å². The third-order valence-corrected chi connectivity index (χ3v) is 5.10. The van der Waals surface area contributed by atoms with Crippen molar-refractivity contribution in [3.63, 3.8) is 0 Å². The van der Waals surface area contributed by atoms with Gasteiger partial charge in [-0.05, 0) is 48.7 Å². The van der Waals surface area contributed by atoms with Crippen molar-refractivity contribution in [1.29, 1.82) is 0 Å². The van der Waals surface area contributed by atoms with E-state index in [0.29, 0.717) is 24.5 Å². The minimum absolute atomic E-state index is 0.152. The molecule has 29 heavy (non-hydrogen) atoms. The topological polar surface area (TPSA) is 46.3 Å². The Morgan fingerprint density at radius 1 is 1.10 bits per heavy atom. The maximum absolute atomic E-state index is 12.8. The van der Waals surface area contributed by atoms with Crippen molar-refractivity contribution >= 4 is 23.1 Å². The first-order valence-electron chi connectivity index (χ1n) is 9.40. The maximum atomic E-state index is 12.8. The van der Waals surface area contributed by atoms with Gasteiger partial charge in [-0.2, -0.15) is 13.2 Å². The normalized spacial score (nSPS) is 16.0. The Kier molecular flexibility index (Phi) is 5.13. The molecule has 4 rings (SSSR count). The number of oxazole rings is 1. The zero-order valence-corrected chi connectivity index (χ0v) is 15.5. The number of amides is 1. The molecule has 150 valence electrons. The fraction of sp³-hybridized carbons (Fsp3) is 0.273. The highest BCUT2D eigenvalue weighted by molar-refractivity contribution is 5.91. The first-order chi connectivity index (χ1) is 13.9. The van der Waals surface area contributed by atoms with Crippen LogP contribution >= 0.6 is 0 Å². The van der Waals surface area contributed by atoms with E-state index in [9.17, 15) is 18.0 Å². The lowest BCUT2D eigenvalue weighted by atomic mass is 9.96. The third kappa shape index (κ3) is 4.34. The van der Waals surface area contributed by atoms with Crippen molar-refractivity contribution < 1.29 is 22.4 Å². The summed E-state index contributed by atoms with van der Waals surface area (Å²) in [6.07, 6.45) is -0.188. The Bertz CT molecular complexity index is 1010. The number of alkyl halides is 3. The zero-order chi connectivity index (χ0) is 20.4. The standard InChI is InChI=1S/C22H19F3N2O2/c23-22(24,25)17-5-3-4-15(14-17)8-9-20(28)27-12-10-16(11-13-27)21-26-18-6-1-2-7-19(18)29-21/h1-9,14,16H,10-13H2/b9-8+. The summed E-state index contributed by atoms with van der Waals surface area (Å²) in [5.41, 5.74) is 1.19. The monoisotopic (exact) mass is 400 g/mol. The molecule has 0 unspecified atom stereocenters. The molecule has 0 saturated carbocycles. The Balaban J connectivity index is 1.37. The molecule has 1 aromatic heterocycles. The van der Waals surface area contributed by atoms with Gasteiger partial charge in [-0.3, -0.25) is 4.79 Å². The number of carbonyl (C=O) groups excluding carboxylic acids is 1. The largest absolute Gasteiger partial charge is 0.440 e. The molecule has 0 spiro atoms. The minimum Gasteiger partial charge on any atom is -0.440 e. The Morgan fingerprint density at radius 3 is 2.59 bits per heavy atom. The number of fused-ring (bicyclic) bond motifs is 1. The number of hydrogen-bond acceptors (Lipinski definition) is 3. The average molecular weight is 400 g/mol. The van der Waals surface area contributed by atoms with E-state index >= 15 is 0 Å². The Hall–Kier alpha value is -3.09. The second-order valence-corrected chi connectivity index (χ2v) is 7.08. The van der Waals surface area contributed by atoms with Gasteiger partial charge in [-0.25, -0.2) is 4.98 Å². The van der Waals surface area contributed by atoms with Crippen LogP contribution in [0.2, 0.25) is 0 Å². The lowest BCUT2D eigenvalue weighted by Crippen LogP contribution is -2.36. The van der Waals surface area contributed by atoms with Crippen molar-refractivity contribution in [1.82, 2.24) is 9.88 Å². The van der Waals surface area contributed by atoms with Gasteiger partial charge in [0.25, 0.3) is 0 Å². The van der Waals surface area contributed by atoms with Crippen molar-refractivity contribution in [2.75, 3.05) is 13.1 Å². The van der Waals surface area contributed by atoms with Gasteiger partial charge in [0.15, 0.2) is 11.5 Å². The summed E-state index contributed by atoms with van der Waals surface area (Å²) in [4.78, 5) is 18.6. The van der Waals surface area contributed by atoms with Gasteiger partial charge in [-0.15, -0.1) is 0 Å². The highest BCUT2D eigenvalue weighted by Gasteiger charge is 2.30. The molecule has 0 radical (unpaired) electrons. The number of likely N-dealkylation sites (tertiary alicyclic amines) is 1. The molecule has 0 bridgehead atoms. The molecule has 0 atom stereocenters. The fourth-order valence-electron chi connectivity index (χ4n) is 3.50. The molecular weight excluding hydrogens is 381 g/mol. The number of benzene rings is 2. The van der Waals surface area contributed by atoms with Crippen molar-refractivity contribution in [2.45, 2.75) is 24.9 Å². The van der Waals surface area contributed by atoms with E-state index in [-0.39, 0.29) is 11.8 Å². The summed E-state index contributed by atoms with van der Waals surface area (Å²) in [6.45, 7) is 1.10. The molecule has 1 aliphatic rings. The molecular formula is C22H19F3N2O2. The summed E-state index contributed by atoms with van der Waals surface area (Å²) >= 11 is 0. The van der Waals surface area contributed by atoms with Crippen molar-refractivity contribution in [3.05, 3.63) is 71.6 Å². The average Bonchev–Trinajstić information content (AvgIpc) is 3.16. The van der Waals surface area contributed by atoms with Gasteiger partial charge in [0.05, 0.1) is 5.56 Å². The van der Waals surface area contributed by atoms with Crippen LogP contribution in [0.15, 0.2) is 59.0 Å². The van der Waals surface area contributed by atoms with Gasteiger partial charge in [0, 0.05) is 25.1 Å². The molecule has 2 heterocycles. The summed E-state index contributed by atoms with van der Waals surface area (Å²) in [7, 11) is 0. The van der Waals surface area contributed by atoms with E-state index in [1.807, 2.05) is 24.3 Å². The molecule has 1 aliphatic heterocycles. The summed E-state index contributed by atoms with van der Waals surface area (Å²) in [5.74, 6) is 0.634. The number of aromatic nitrogens is 1. The Morgan fingerprint density at radius 2 is 1.86 bits per heavy atom. The highest BCUT2D eigenvalue weighted by atomic mass is 19.4. The third-order valence-electron chi connectivity index (χ3n) is 5.10. The van der Waals surface area contributed by atoms with Crippen LogP contribution in [-0.4, -0.2) is 28.9 Å². The number of nitrogens with zero attached hydrogens (tertiary/aromatic N) is 2. The lowest BCUT2D eigenvalue weighted by molar-refractivity contribution is -0.137. The van der Waals surface area contributed by atoms with Gasteiger partial charge >= 0.3 is 6.18 Å². The minimum atomic E-state index is -4.40. The highest BCUT2D eigenvalue weighted by Crippen LogP contribution is 2.31. The molecule has 7 heteroatoms. The number of hydrogen-bond donors (Lipinski definition) is 0. The molecule has 1 fully saturated rings. The molecule has 0 N–H and O–H groups in total. The predicted molar refractivity (Wildman–Crippen MR) is 103 cm³/mol. The second-order valence-electron chi connectivity index (χ2n) is 7.08. The number of para-hydroxylation sites is 2. The van der Waals surface area contributed by atoms with Crippen molar-refractivity contribution in [3.8, 4) is 0 Å². The molecule has 0 aliphatic carbocycles. The van der Waals surface area contributed by atoms with Gasteiger partial charge < -0.3 is 9.32 Å². The number of halogens is 3. The van der Waals surface area contributed by atoms with Crippen LogP contribution in [-0.2, 0) is 11.0 Å². The van der Waals surface area contributed by atoms with Crippen LogP contribution in [0.3, 0.4) is 0 Å². The SMILES string of the molecule is O=C(/C=C/c1cccc(C(F)(F)F)c1)N1CCC(c2nc3ccccc3o2)CC1. The van der Waals surface area contributed by atoms with Crippen LogP contribution < -0.4 is 0 Å². The van der Waals surface area contributed by atoms with E-state index in [1.54, 1.807) is 11.0 Å². The van der Waals surface area contributed by atoms with E-state index in [1.165, 1.54) is 18.2 Å². The first-order valence-corrected chi connectivity index (χ1v) is 9.40. The van der Waals surface area contributed by atoms with E-state index in [4.69, 9.17) is 4.42 Å². The predicted octanol–water partition coefficient (Wildman–Crippen LogP) is 5.27. The molecule has 1 amide bonds. The fourth-order valence-corrected chi connectivity index (χ4v) is 3.50. The van der Waals surface area contributed by atoms with E-state index in [0.717, 1.165) is 36.1 Å². The number of rotatable bonds is 3. The lowest BCUT2D eigenvalue weighted by Gasteiger charge is -2.29. The molecule has 4 nitrogen and oxygen atoms in total. The Labute approximate surface area is 165 Å². The molecule has 2 aromatic carbocycles. The molecule has 3 aromatic rings. The summed E-state index contributed by atoms with van der Waals surface area (Å²) < 4.78 is 44.2. The quantitative estimate of drug-likeness (QED) is 0.563. The van der Waals surface area contributed by atoms with Crippen LogP contribution in [0, 0.1) is 0 Å². The van der Waals surface area contributed by atoms with Crippen LogP contribution in [0.25, 0.3) is 17.2 Å². The smallest absolute Gasteiger partial charge is 0.416 e. The zero-order valence-electron chi connectivity index (χ0n) is 15.5. The first kappa shape index (κ1) is 19.2. The van der Waals surface area contributed by atoms with Gasteiger partial charge in [0.1, 0.15) is 5.52 Å². The summed E-state index contributed by atoms with van der Waals surface area (Å²) in [5, 5.41) is 0. The number of piperidine rings is 1. The number of carbonyl (C=O) groups is 1. The van der Waals surface area contributed by atoms with E-state index < -0.39 is 11.7 Å². The second kappa shape index (κ2) is 7.73. The van der Waals surface area contributed by atoms with Crippen LogP contribution in [0.5, 0.6) is 0 Å². The van der Waals surface area contributed by atoms with Gasteiger partial charge in [-0.1, -0.05) is 24.3 Å². The molecule has 1 saturated heterocycles. The van der Waals surface area contributed by atoms with Gasteiger partial charge in [0.2, 0.25) is 5.91 Å². The van der Waals surface area contributed by atoms with E-state index in [2.05, 4.69) is 4.98 Å².